The third-order valence-electron chi connectivity index (χ3n) is 7.13. The monoisotopic (exact) mass is 725 g/mol. The van der Waals surface area contributed by atoms with Gasteiger partial charge in [-0.15, -0.1) is 0 Å². The van der Waals surface area contributed by atoms with E-state index in [1.165, 1.54) is 0 Å². The number of nitrogens with zero attached hydrogens (tertiary/aromatic N) is 11. The van der Waals surface area contributed by atoms with E-state index in [0.717, 1.165) is 22.7 Å². The van der Waals surface area contributed by atoms with Gasteiger partial charge in [0.1, 0.15) is 5.82 Å². The molecule has 0 saturated carbocycles. The van der Waals surface area contributed by atoms with Crippen molar-refractivity contribution in [1.82, 2.24) is 15.0 Å². The number of nitrogens with one attached hydrogen (secondary N) is 2. The Kier molecular flexibility index (Phi) is 14.3. The predicted molar refractivity (Wildman–Crippen MR) is 219 cm³/mol. The molecular formula is C42H39N13. The van der Waals surface area contributed by atoms with Crippen LogP contribution in [0, 0.1) is 6.92 Å². The maximum Gasteiger partial charge on any atom is 0.232 e. The zero-order valence-corrected chi connectivity index (χ0v) is 30.7. The van der Waals surface area contributed by atoms with Crippen LogP contribution in [0.3, 0.4) is 0 Å². The van der Waals surface area contributed by atoms with Crippen LogP contribution in [0.5, 0.6) is 0 Å². The van der Waals surface area contributed by atoms with Crippen LogP contribution in [-0.4, -0.2) is 15.0 Å². The highest BCUT2D eigenvalue weighted by atomic mass is 15.2. The van der Waals surface area contributed by atoms with E-state index in [1.807, 2.05) is 147 Å². The molecule has 5 aromatic rings. The first-order valence-corrected chi connectivity index (χ1v) is 17.1. The predicted octanol–water partition coefficient (Wildman–Crippen LogP) is 13.3. The normalized spacial score (nSPS) is 12.9. The molecule has 0 amide bonds. The van der Waals surface area contributed by atoms with Gasteiger partial charge in [0.05, 0.1) is 45.5 Å². The van der Waals surface area contributed by atoms with Gasteiger partial charge in [0.2, 0.25) is 11.9 Å². The number of aryl methyl sites for hydroxylation is 1. The van der Waals surface area contributed by atoms with Crippen LogP contribution in [-0.2, 0) is 0 Å². The van der Waals surface area contributed by atoms with Crippen LogP contribution in [0.4, 0.5) is 46.0 Å². The van der Waals surface area contributed by atoms with Crippen molar-refractivity contribution in [2.45, 2.75) is 20.8 Å². The van der Waals surface area contributed by atoms with Gasteiger partial charge in [0, 0.05) is 11.4 Å². The molecule has 4 aromatic carbocycles. The fourth-order valence-corrected chi connectivity index (χ4v) is 4.33. The average Bonchev–Trinajstić information content (AvgIpc) is 3.22. The highest BCUT2D eigenvalue weighted by molar-refractivity contribution is 5.50. The van der Waals surface area contributed by atoms with E-state index in [-0.39, 0.29) is 0 Å². The lowest BCUT2D eigenvalue weighted by Gasteiger charge is -2.09. The molecule has 0 spiro atoms. The number of benzene rings is 4. The molecule has 0 saturated heterocycles. The molecule has 0 bridgehead atoms. The van der Waals surface area contributed by atoms with Crippen molar-refractivity contribution in [3.05, 3.63) is 187 Å². The Labute approximate surface area is 320 Å². The van der Waals surface area contributed by atoms with E-state index in [9.17, 15) is 0 Å². The number of allylic oxidation sites excluding steroid dienone is 8. The van der Waals surface area contributed by atoms with Crippen LogP contribution < -0.4 is 10.6 Å². The molecule has 55 heavy (non-hydrogen) atoms. The number of anilines is 2. The van der Waals surface area contributed by atoms with Crippen LogP contribution in [0.25, 0.3) is 0 Å². The van der Waals surface area contributed by atoms with E-state index >= 15 is 0 Å². The van der Waals surface area contributed by atoms with Gasteiger partial charge in [-0.05, 0) is 130 Å². The van der Waals surface area contributed by atoms with Crippen molar-refractivity contribution in [2.24, 2.45) is 40.9 Å². The van der Waals surface area contributed by atoms with Gasteiger partial charge in [-0.25, -0.2) is 0 Å². The molecule has 0 aliphatic rings. The lowest BCUT2D eigenvalue weighted by molar-refractivity contribution is 0.981. The first-order valence-electron chi connectivity index (χ1n) is 17.1. The molecule has 13 heteroatoms. The second-order valence-corrected chi connectivity index (χ2v) is 11.6. The van der Waals surface area contributed by atoms with E-state index in [2.05, 4.69) is 79.7 Å². The summed E-state index contributed by atoms with van der Waals surface area (Å²) in [6, 6.07) is 33.8. The standard InChI is InChI=1S/C42H39N13/c1-6-33(20-18-30(3)48-50-37-22-26-39(27-23-37)54-52-35-14-10-8-11-15-35)45-41-43-32(5)44-42(47-41)46-34(7-2)21-19-31(4)49-51-38-24-28-40(29-25-38)55-53-36-16-12-9-13-17-36/h6-29H,1-2H2,3-5H3,(H2,43,44,45,46,47)/b30-18+,31-19+,33-20+,34-21+,50-48?,51-49?,54-52?,55-53?. The summed E-state index contributed by atoms with van der Waals surface area (Å²) in [5, 5.41) is 40.6. The minimum atomic E-state index is 0.329. The van der Waals surface area contributed by atoms with Crippen LogP contribution >= 0.6 is 0 Å². The van der Waals surface area contributed by atoms with E-state index in [4.69, 9.17) is 0 Å². The van der Waals surface area contributed by atoms with Crippen molar-refractivity contribution in [3.8, 4) is 0 Å². The Morgan fingerprint density at radius 2 is 0.782 bits per heavy atom. The van der Waals surface area contributed by atoms with Gasteiger partial charge >= 0.3 is 0 Å². The fourth-order valence-electron chi connectivity index (χ4n) is 4.33. The van der Waals surface area contributed by atoms with E-state index in [1.54, 1.807) is 19.1 Å². The zero-order chi connectivity index (χ0) is 38.7. The fraction of sp³-hybridized carbons (Fsp3) is 0.0714. The van der Waals surface area contributed by atoms with Crippen LogP contribution in [0.15, 0.2) is 223 Å². The maximum absolute atomic E-state index is 4.51. The molecule has 0 aliphatic carbocycles. The summed E-state index contributed by atoms with van der Waals surface area (Å²) in [6.45, 7) is 13.3. The minimum Gasteiger partial charge on any atom is -0.324 e. The first kappa shape index (κ1) is 38.6. The molecule has 272 valence electrons. The van der Waals surface area contributed by atoms with Gasteiger partial charge < -0.3 is 10.6 Å². The summed E-state index contributed by atoms with van der Waals surface area (Å²) in [5.41, 5.74) is 7.02. The Bertz CT molecular complexity index is 2140. The number of rotatable bonds is 16. The van der Waals surface area contributed by atoms with Crippen molar-refractivity contribution in [3.63, 3.8) is 0 Å². The van der Waals surface area contributed by atoms with Crippen LogP contribution in [0.2, 0.25) is 0 Å². The summed E-state index contributed by atoms with van der Waals surface area (Å²) in [6.07, 6.45) is 10.5. The zero-order valence-electron chi connectivity index (χ0n) is 30.7. The molecule has 1 aromatic heterocycles. The third-order valence-corrected chi connectivity index (χ3v) is 7.13. The Hall–Kier alpha value is -7.67. The highest BCUT2D eigenvalue weighted by Crippen LogP contribution is 2.24. The molecule has 2 N–H and O–H groups in total. The lowest BCUT2D eigenvalue weighted by atomic mass is 10.3. The topological polar surface area (TPSA) is 162 Å². The Morgan fingerprint density at radius 1 is 0.455 bits per heavy atom. The average molecular weight is 726 g/mol. The molecule has 0 atom stereocenters. The quantitative estimate of drug-likeness (QED) is 0.0763. The molecule has 0 aliphatic heterocycles. The number of hydrogen-bond acceptors (Lipinski definition) is 13. The minimum absolute atomic E-state index is 0.329. The second-order valence-electron chi connectivity index (χ2n) is 11.6. The summed E-state index contributed by atoms with van der Waals surface area (Å²) in [4.78, 5) is 13.3. The smallest absolute Gasteiger partial charge is 0.232 e. The Morgan fingerprint density at radius 3 is 1.13 bits per heavy atom. The third kappa shape index (κ3) is 13.4. The van der Waals surface area contributed by atoms with E-state index < -0.39 is 0 Å². The van der Waals surface area contributed by atoms with Gasteiger partial charge in [0.25, 0.3) is 0 Å². The summed E-state index contributed by atoms with van der Waals surface area (Å²) in [5.74, 6) is 1.16. The Balaban J connectivity index is 1.16. The molecule has 1 heterocycles. The second kappa shape index (κ2) is 20.4. The van der Waals surface area contributed by atoms with Crippen molar-refractivity contribution in [1.29, 1.82) is 0 Å². The highest BCUT2D eigenvalue weighted by Gasteiger charge is 2.06. The molecule has 0 unspecified atom stereocenters. The molecular weight excluding hydrogens is 687 g/mol. The van der Waals surface area contributed by atoms with Gasteiger partial charge in [-0.2, -0.15) is 55.9 Å². The SMILES string of the molecule is C=C/C(=C\C=C(/C)N=Nc1ccc(N=Nc2ccccc2)cc1)Nc1nc(C)nc(N/C(C=C)=C/C=C(\C)N=Nc2ccc(N=Nc3ccccc3)cc2)n1. The first-order chi connectivity index (χ1) is 26.8. The van der Waals surface area contributed by atoms with Gasteiger partial charge in [-0.3, -0.25) is 0 Å². The summed E-state index contributed by atoms with van der Waals surface area (Å²) in [7, 11) is 0. The maximum atomic E-state index is 4.51. The number of aromatic nitrogens is 3. The number of hydrogen-bond donors (Lipinski definition) is 2. The molecule has 0 radical (unpaired) electrons. The van der Waals surface area contributed by atoms with E-state index in [0.29, 0.717) is 51.9 Å². The molecule has 13 nitrogen and oxygen atoms in total. The molecule has 5 rings (SSSR count). The van der Waals surface area contributed by atoms with Crippen LogP contribution in [0.1, 0.15) is 19.7 Å². The lowest BCUT2D eigenvalue weighted by Crippen LogP contribution is -2.09. The van der Waals surface area contributed by atoms with Crippen molar-refractivity contribution < 1.29 is 0 Å². The summed E-state index contributed by atoms with van der Waals surface area (Å²) >= 11 is 0. The largest absolute Gasteiger partial charge is 0.324 e. The van der Waals surface area contributed by atoms with Gasteiger partial charge in [0.15, 0.2) is 0 Å². The summed E-state index contributed by atoms with van der Waals surface area (Å²) < 4.78 is 0. The number of azo groups is 4. The molecule has 0 fully saturated rings. The van der Waals surface area contributed by atoms with Gasteiger partial charge in [-0.1, -0.05) is 49.6 Å². The van der Waals surface area contributed by atoms with Crippen molar-refractivity contribution >= 4 is 46.0 Å². The van der Waals surface area contributed by atoms with Crippen molar-refractivity contribution in [2.75, 3.05) is 10.6 Å².